The fourth-order valence-corrected chi connectivity index (χ4v) is 2.87. The third kappa shape index (κ3) is 5.09. The molecule has 0 aliphatic heterocycles. The third-order valence-corrected chi connectivity index (χ3v) is 3.85. The van der Waals surface area contributed by atoms with Gasteiger partial charge in [-0.2, -0.15) is 0 Å². The molecule has 0 aromatic carbocycles. The largest absolute Gasteiger partial charge is 0.362 e. The lowest BCUT2D eigenvalue weighted by Crippen LogP contribution is -2.42. The molecule has 2 N–H and O–H groups in total. The third-order valence-electron chi connectivity index (χ3n) is 3.05. The molecular formula is C14H26N4OS. The molecule has 0 unspecified atom stereocenters. The number of nitrogens with one attached hydrogen (secondary N) is 2. The van der Waals surface area contributed by atoms with Gasteiger partial charge < -0.3 is 10.6 Å². The van der Waals surface area contributed by atoms with Crippen molar-refractivity contribution in [1.29, 1.82) is 0 Å². The Morgan fingerprint density at radius 2 is 2.00 bits per heavy atom. The van der Waals surface area contributed by atoms with Gasteiger partial charge in [-0.25, -0.2) is 4.98 Å². The van der Waals surface area contributed by atoms with E-state index >= 15 is 0 Å². The van der Waals surface area contributed by atoms with E-state index in [1.54, 1.807) is 5.38 Å². The molecule has 0 spiro atoms. The molecule has 0 saturated carbocycles. The van der Waals surface area contributed by atoms with Gasteiger partial charge in [-0.3, -0.25) is 9.69 Å². The van der Waals surface area contributed by atoms with Crippen molar-refractivity contribution in [3.05, 3.63) is 11.1 Å². The van der Waals surface area contributed by atoms with E-state index in [0.29, 0.717) is 24.3 Å². The normalized spacial score (nSPS) is 11.4. The Morgan fingerprint density at radius 3 is 2.55 bits per heavy atom. The smallest absolute Gasteiger partial charge is 0.270 e. The number of anilines is 1. The number of carbonyl (C=O) groups is 1. The molecule has 0 saturated heterocycles. The molecule has 114 valence electrons. The minimum atomic E-state index is -0.0992. The predicted molar refractivity (Wildman–Crippen MR) is 85.6 cm³/mol. The highest BCUT2D eigenvalue weighted by molar-refractivity contribution is 7.13. The maximum Gasteiger partial charge on any atom is 0.270 e. The van der Waals surface area contributed by atoms with Crippen LogP contribution in [0.5, 0.6) is 0 Å². The molecule has 1 amide bonds. The zero-order valence-electron chi connectivity index (χ0n) is 13.1. The first kappa shape index (κ1) is 16.9. The molecule has 0 atom stereocenters. The van der Waals surface area contributed by atoms with E-state index in [0.717, 1.165) is 18.2 Å². The average molecular weight is 298 g/mol. The molecular weight excluding hydrogens is 272 g/mol. The molecule has 1 aromatic rings. The standard InChI is InChI=1S/C14H26N4OS/c1-6-15-14-17-12(9-20-14)13(19)16-7-8-18(10(2)3)11(4)5/h9-11H,6-8H2,1-5H3,(H,15,17)(H,16,19). The van der Waals surface area contributed by atoms with Crippen molar-refractivity contribution in [3.8, 4) is 0 Å². The highest BCUT2D eigenvalue weighted by Gasteiger charge is 2.14. The van der Waals surface area contributed by atoms with Gasteiger partial charge in [0.25, 0.3) is 5.91 Å². The lowest BCUT2D eigenvalue weighted by molar-refractivity contribution is 0.0935. The predicted octanol–water partition coefficient (Wildman–Crippen LogP) is 2.42. The highest BCUT2D eigenvalue weighted by atomic mass is 32.1. The molecule has 0 aliphatic rings. The van der Waals surface area contributed by atoms with Crippen LogP contribution < -0.4 is 10.6 Å². The topological polar surface area (TPSA) is 57.3 Å². The quantitative estimate of drug-likeness (QED) is 0.774. The number of carbonyl (C=O) groups excluding carboxylic acids is 1. The van der Waals surface area contributed by atoms with E-state index in [2.05, 4.69) is 48.2 Å². The van der Waals surface area contributed by atoms with E-state index in [9.17, 15) is 4.79 Å². The molecule has 1 rings (SSSR count). The van der Waals surface area contributed by atoms with Crippen LogP contribution in [0.1, 0.15) is 45.1 Å². The number of hydrogen-bond donors (Lipinski definition) is 2. The van der Waals surface area contributed by atoms with E-state index in [1.807, 2.05) is 6.92 Å². The van der Waals surface area contributed by atoms with Gasteiger partial charge in [-0.05, 0) is 34.6 Å². The van der Waals surface area contributed by atoms with Gasteiger partial charge in [-0.15, -0.1) is 11.3 Å². The summed E-state index contributed by atoms with van der Waals surface area (Å²) in [5.74, 6) is -0.0992. The summed E-state index contributed by atoms with van der Waals surface area (Å²) in [7, 11) is 0. The van der Waals surface area contributed by atoms with Gasteiger partial charge in [0.1, 0.15) is 5.69 Å². The van der Waals surface area contributed by atoms with Crippen LogP contribution in [-0.4, -0.2) is 47.5 Å². The minimum absolute atomic E-state index is 0.0992. The second-order valence-electron chi connectivity index (χ2n) is 5.25. The first-order valence-corrected chi connectivity index (χ1v) is 8.07. The van der Waals surface area contributed by atoms with Crippen molar-refractivity contribution in [2.75, 3.05) is 25.0 Å². The molecule has 5 nitrogen and oxygen atoms in total. The van der Waals surface area contributed by atoms with Crippen LogP contribution in [0, 0.1) is 0 Å². The molecule has 0 aliphatic carbocycles. The Bertz CT molecular complexity index is 409. The molecule has 1 aromatic heterocycles. The zero-order chi connectivity index (χ0) is 15.1. The van der Waals surface area contributed by atoms with E-state index < -0.39 is 0 Å². The number of amides is 1. The summed E-state index contributed by atoms with van der Waals surface area (Å²) in [6.07, 6.45) is 0. The number of hydrogen-bond acceptors (Lipinski definition) is 5. The maximum absolute atomic E-state index is 12.0. The Hall–Kier alpha value is -1.14. The van der Waals surface area contributed by atoms with E-state index in [4.69, 9.17) is 0 Å². The summed E-state index contributed by atoms with van der Waals surface area (Å²) in [4.78, 5) is 18.6. The van der Waals surface area contributed by atoms with E-state index in [-0.39, 0.29) is 5.91 Å². The van der Waals surface area contributed by atoms with Crippen molar-refractivity contribution in [1.82, 2.24) is 15.2 Å². The van der Waals surface area contributed by atoms with E-state index in [1.165, 1.54) is 11.3 Å². The van der Waals surface area contributed by atoms with Crippen molar-refractivity contribution in [2.24, 2.45) is 0 Å². The van der Waals surface area contributed by atoms with Crippen LogP contribution in [0.15, 0.2) is 5.38 Å². The summed E-state index contributed by atoms with van der Waals surface area (Å²) in [5, 5.41) is 8.62. The van der Waals surface area contributed by atoms with Gasteiger partial charge in [-0.1, -0.05) is 0 Å². The zero-order valence-corrected chi connectivity index (χ0v) is 13.9. The molecule has 0 radical (unpaired) electrons. The number of nitrogens with zero attached hydrogens (tertiary/aromatic N) is 2. The fourth-order valence-electron chi connectivity index (χ4n) is 2.11. The lowest BCUT2D eigenvalue weighted by Gasteiger charge is -2.30. The van der Waals surface area contributed by atoms with Crippen LogP contribution in [0.4, 0.5) is 5.13 Å². The summed E-state index contributed by atoms with van der Waals surface area (Å²) >= 11 is 1.46. The molecule has 0 bridgehead atoms. The Balaban J connectivity index is 2.42. The number of thiazole rings is 1. The molecule has 0 fully saturated rings. The first-order chi connectivity index (χ1) is 9.45. The first-order valence-electron chi connectivity index (χ1n) is 7.19. The summed E-state index contributed by atoms with van der Waals surface area (Å²) in [6.45, 7) is 13.0. The summed E-state index contributed by atoms with van der Waals surface area (Å²) < 4.78 is 0. The molecule has 6 heteroatoms. The lowest BCUT2D eigenvalue weighted by atomic mass is 10.2. The van der Waals surface area contributed by atoms with Gasteiger partial charge in [0.15, 0.2) is 5.13 Å². The average Bonchev–Trinajstić information content (AvgIpc) is 2.82. The number of rotatable bonds is 8. The van der Waals surface area contributed by atoms with Gasteiger partial charge in [0.2, 0.25) is 0 Å². The van der Waals surface area contributed by atoms with Crippen molar-refractivity contribution in [2.45, 2.75) is 46.7 Å². The van der Waals surface area contributed by atoms with Crippen LogP contribution >= 0.6 is 11.3 Å². The maximum atomic E-state index is 12.0. The second-order valence-corrected chi connectivity index (χ2v) is 6.11. The van der Waals surface area contributed by atoms with Crippen molar-refractivity contribution < 1.29 is 4.79 Å². The second kappa shape index (κ2) is 8.21. The van der Waals surface area contributed by atoms with Crippen LogP contribution in [0.2, 0.25) is 0 Å². The van der Waals surface area contributed by atoms with Crippen LogP contribution in [0.3, 0.4) is 0 Å². The Kier molecular flexibility index (Phi) is 6.95. The SMILES string of the molecule is CCNc1nc(C(=O)NCCN(C(C)C)C(C)C)cs1. The number of aromatic nitrogens is 1. The van der Waals surface area contributed by atoms with Gasteiger partial charge in [0, 0.05) is 37.1 Å². The van der Waals surface area contributed by atoms with Crippen molar-refractivity contribution in [3.63, 3.8) is 0 Å². The van der Waals surface area contributed by atoms with Gasteiger partial charge >= 0.3 is 0 Å². The van der Waals surface area contributed by atoms with Crippen LogP contribution in [0.25, 0.3) is 0 Å². The van der Waals surface area contributed by atoms with Crippen LogP contribution in [-0.2, 0) is 0 Å². The fraction of sp³-hybridized carbons (Fsp3) is 0.714. The molecule has 20 heavy (non-hydrogen) atoms. The monoisotopic (exact) mass is 298 g/mol. The highest BCUT2D eigenvalue weighted by Crippen LogP contribution is 2.14. The van der Waals surface area contributed by atoms with Crippen molar-refractivity contribution >= 4 is 22.4 Å². The van der Waals surface area contributed by atoms with Gasteiger partial charge in [0.05, 0.1) is 0 Å². The Morgan fingerprint density at radius 1 is 1.35 bits per heavy atom. The molecule has 1 heterocycles. The Labute approximate surface area is 125 Å². The summed E-state index contributed by atoms with van der Waals surface area (Å²) in [5.41, 5.74) is 0.492. The summed E-state index contributed by atoms with van der Waals surface area (Å²) in [6, 6.07) is 0.957. The minimum Gasteiger partial charge on any atom is -0.362 e.